The summed E-state index contributed by atoms with van der Waals surface area (Å²) in [6, 6.07) is 9.50. The number of esters is 3. The van der Waals surface area contributed by atoms with Gasteiger partial charge in [-0.2, -0.15) is 0 Å². The Hall–Kier alpha value is -3.48. The quantitative estimate of drug-likeness (QED) is 0.506. The van der Waals surface area contributed by atoms with Crippen molar-refractivity contribution >= 4 is 30.0 Å². The summed E-state index contributed by atoms with van der Waals surface area (Å²) in [5.74, 6) is -3.03. The minimum absolute atomic E-state index is 0.281. The number of carbonyl (C=O) groups excluding carboxylic acids is 3. The molecule has 7 heteroatoms. The minimum Gasteiger partial charge on any atom is -0.478 e. The molecule has 1 aliphatic heterocycles. The fourth-order valence-electron chi connectivity index (χ4n) is 1.44. The molecule has 1 aromatic rings. The lowest BCUT2D eigenvalue weighted by Gasteiger charge is -1.91. The maximum Gasteiger partial charge on any atom is 0.346 e. The molecule has 0 saturated heterocycles. The first-order valence-corrected chi connectivity index (χ1v) is 6.62. The minimum atomic E-state index is -1.17. The van der Waals surface area contributed by atoms with E-state index in [0.717, 1.165) is 11.6 Å². The molecule has 1 aliphatic rings. The van der Waals surface area contributed by atoms with Gasteiger partial charge in [0.05, 0.1) is 12.7 Å². The van der Waals surface area contributed by atoms with Gasteiger partial charge in [0.2, 0.25) is 0 Å². The van der Waals surface area contributed by atoms with Crippen LogP contribution in [0.3, 0.4) is 0 Å². The van der Waals surface area contributed by atoms with E-state index >= 15 is 0 Å². The van der Waals surface area contributed by atoms with E-state index in [1.807, 2.05) is 30.3 Å². The average Bonchev–Trinajstić information content (AvgIpc) is 2.89. The van der Waals surface area contributed by atoms with Crippen LogP contribution in [0.15, 0.2) is 60.2 Å². The van der Waals surface area contributed by atoms with Gasteiger partial charge in [0, 0.05) is 18.2 Å². The Morgan fingerprint density at radius 2 is 1.75 bits per heavy atom. The standard InChI is InChI=1S/C12H8O3.C5H6O4/c13-11-8-10(12(14)15-11)7-6-9-4-2-1-3-5-9;1-9-5(8)3-2-4(6)7/h1-8H;2-3H,1H3,(H,6,7). The van der Waals surface area contributed by atoms with Crippen LogP contribution in [0.1, 0.15) is 5.56 Å². The molecule has 1 heterocycles. The molecule has 0 fully saturated rings. The summed E-state index contributed by atoms with van der Waals surface area (Å²) in [7, 11) is 1.18. The van der Waals surface area contributed by atoms with Crippen LogP contribution in [0, 0.1) is 0 Å². The lowest BCUT2D eigenvalue weighted by atomic mass is 10.1. The van der Waals surface area contributed by atoms with Gasteiger partial charge in [0.1, 0.15) is 0 Å². The summed E-state index contributed by atoms with van der Waals surface area (Å²) in [5.41, 5.74) is 1.24. The van der Waals surface area contributed by atoms with Crippen molar-refractivity contribution in [3.63, 3.8) is 0 Å². The summed E-state index contributed by atoms with van der Waals surface area (Å²) in [6.07, 6.45) is 6.06. The Morgan fingerprint density at radius 1 is 1.08 bits per heavy atom. The first kappa shape index (κ1) is 18.6. The van der Waals surface area contributed by atoms with Crippen molar-refractivity contribution in [2.24, 2.45) is 0 Å². The molecule has 0 amide bonds. The zero-order valence-electron chi connectivity index (χ0n) is 12.7. The van der Waals surface area contributed by atoms with Crippen molar-refractivity contribution in [1.29, 1.82) is 0 Å². The van der Waals surface area contributed by atoms with Crippen LogP contribution in [0.5, 0.6) is 0 Å². The number of carbonyl (C=O) groups is 4. The number of methoxy groups -OCH3 is 1. The Labute approximate surface area is 137 Å². The molecule has 24 heavy (non-hydrogen) atoms. The molecule has 0 radical (unpaired) electrons. The molecule has 0 aliphatic carbocycles. The summed E-state index contributed by atoms with van der Waals surface area (Å²) < 4.78 is 8.45. The third-order valence-corrected chi connectivity index (χ3v) is 2.52. The van der Waals surface area contributed by atoms with E-state index in [4.69, 9.17) is 5.11 Å². The normalized spacial score (nSPS) is 13.3. The van der Waals surface area contributed by atoms with E-state index in [2.05, 4.69) is 9.47 Å². The van der Waals surface area contributed by atoms with Crippen molar-refractivity contribution in [3.05, 3.63) is 65.8 Å². The highest BCUT2D eigenvalue weighted by molar-refractivity contribution is 6.11. The van der Waals surface area contributed by atoms with Crippen LogP contribution in [0.25, 0.3) is 6.08 Å². The van der Waals surface area contributed by atoms with Gasteiger partial charge in [-0.25, -0.2) is 19.2 Å². The van der Waals surface area contributed by atoms with Crippen molar-refractivity contribution < 1.29 is 33.8 Å². The average molecular weight is 330 g/mol. The van der Waals surface area contributed by atoms with Crippen LogP contribution in [-0.2, 0) is 28.7 Å². The maximum absolute atomic E-state index is 11.0. The largest absolute Gasteiger partial charge is 0.478 e. The van der Waals surface area contributed by atoms with Crippen LogP contribution >= 0.6 is 0 Å². The van der Waals surface area contributed by atoms with Gasteiger partial charge < -0.3 is 14.6 Å². The summed E-state index contributed by atoms with van der Waals surface area (Å²) in [4.78, 5) is 41.6. The van der Waals surface area contributed by atoms with Gasteiger partial charge in [-0.1, -0.05) is 36.4 Å². The predicted octanol–water partition coefficient (Wildman–Crippen LogP) is 1.51. The smallest absolute Gasteiger partial charge is 0.346 e. The van der Waals surface area contributed by atoms with Crippen LogP contribution in [-0.4, -0.2) is 36.1 Å². The first-order chi connectivity index (χ1) is 11.4. The molecule has 0 atom stereocenters. The molecule has 0 saturated carbocycles. The van der Waals surface area contributed by atoms with Crippen molar-refractivity contribution in [2.45, 2.75) is 0 Å². The van der Waals surface area contributed by atoms with Gasteiger partial charge >= 0.3 is 23.9 Å². The highest BCUT2D eigenvalue weighted by atomic mass is 16.6. The molecule has 0 aromatic heterocycles. The zero-order valence-corrected chi connectivity index (χ0v) is 12.7. The molecule has 2 rings (SSSR count). The number of cyclic esters (lactones) is 2. The fourth-order valence-corrected chi connectivity index (χ4v) is 1.44. The Bertz CT molecular complexity index is 712. The molecule has 1 N–H and O–H groups in total. The van der Waals surface area contributed by atoms with Crippen LogP contribution in [0.2, 0.25) is 0 Å². The third kappa shape index (κ3) is 6.99. The van der Waals surface area contributed by atoms with Gasteiger partial charge in [-0.05, 0) is 11.6 Å². The lowest BCUT2D eigenvalue weighted by molar-refractivity contribution is -0.150. The number of hydrogen-bond donors (Lipinski definition) is 1. The number of carboxylic acids is 1. The fraction of sp³-hybridized carbons (Fsp3) is 0.0588. The summed E-state index contributed by atoms with van der Waals surface area (Å²) in [5, 5.41) is 7.96. The van der Waals surface area contributed by atoms with E-state index in [0.29, 0.717) is 6.08 Å². The number of aliphatic carboxylic acids is 1. The monoisotopic (exact) mass is 330 g/mol. The number of hydrogen-bond acceptors (Lipinski definition) is 6. The number of carboxylic acid groups (broad SMARTS) is 1. The van der Waals surface area contributed by atoms with E-state index in [1.165, 1.54) is 13.2 Å². The Kier molecular flexibility index (Phi) is 7.37. The van der Waals surface area contributed by atoms with Crippen molar-refractivity contribution in [1.82, 2.24) is 0 Å². The molecule has 124 valence electrons. The van der Waals surface area contributed by atoms with Crippen LogP contribution < -0.4 is 0 Å². The van der Waals surface area contributed by atoms with E-state index in [1.54, 1.807) is 12.2 Å². The summed E-state index contributed by atoms with van der Waals surface area (Å²) in [6.45, 7) is 0. The van der Waals surface area contributed by atoms with E-state index in [9.17, 15) is 19.2 Å². The predicted molar refractivity (Wildman–Crippen MR) is 83.4 cm³/mol. The molecular formula is C17H14O7. The first-order valence-electron chi connectivity index (χ1n) is 6.62. The van der Waals surface area contributed by atoms with E-state index in [-0.39, 0.29) is 5.57 Å². The van der Waals surface area contributed by atoms with Gasteiger partial charge in [0.15, 0.2) is 0 Å². The lowest BCUT2D eigenvalue weighted by Crippen LogP contribution is -2.00. The number of benzene rings is 1. The molecule has 7 nitrogen and oxygen atoms in total. The third-order valence-electron chi connectivity index (χ3n) is 2.52. The van der Waals surface area contributed by atoms with E-state index < -0.39 is 23.9 Å². The van der Waals surface area contributed by atoms with Gasteiger partial charge in [-0.3, -0.25) is 0 Å². The second-order valence-corrected chi connectivity index (χ2v) is 4.25. The topological polar surface area (TPSA) is 107 Å². The molecule has 0 spiro atoms. The maximum atomic E-state index is 11.0. The number of rotatable bonds is 4. The number of ether oxygens (including phenoxy) is 2. The van der Waals surface area contributed by atoms with Crippen molar-refractivity contribution in [2.75, 3.05) is 7.11 Å². The second kappa shape index (κ2) is 9.52. The van der Waals surface area contributed by atoms with Crippen LogP contribution in [0.4, 0.5) is 0 Å². The summed E-state index contributed by atoms with van der Waals surface area (Å²) >= 11 is 0. The second-order valence-electron chi connectivity index (χ2n) is 4.25. The van der Waals surface area contributed by atoms with Gasteiger partial charge in [-0.15, -0.1) is 0 Å². The molecule has 1 aromatic carbocycles. The van der Waals surface area contributed by atoms with Crippen molar-refractivity contribution in [3.8, 4) is 0 Å². The SMILES string of the molecule is COC(=O)C=CC(=O)O.O=C1C=C(C=Cc2ccccc2)C(=O)O1. The molecular weight excluding hydrogens is 316 g/mol. The van der Waals surface area contributed by atoms with Gasteiger partial charge in [0.25, 0.3) is 0 Å². The highest BCUT2D eigenvalue weighted by Gasteiger charge is 2.20. The molecule has 0 bridgehead atoms. The Balaban J connectivity index is 0.000000277. The zero-order chi connectivity index (χ0) is 17.9. The highest BCUT2D eigenvalue weighted by Crippen LogP contribution is 2.11. The molecule has 0 unspecified atom stereocenters. The Morgan fingerprint density at radius 3 is 2.25 bits per heavy atom.